The lowest BCUT2D eigenvalue weighted by atomic mass is 9.70. The number of ketones is 1. The Morgan fingerprint density at radius 3 is 1.72 bits per heavy atom. The summed E-state index contributed by atoms with van der Waals surface area (Å²) in [6, 6.07) is 0. The van der Waals surface area contributed by atoms with Gasteiger partial charge in [0.15, 0.2) is 22.9 Å². The van der Waals surface area contributed by atoms with Crippen LogP contribution in [0.4, 0.5) is 9.59 Å². The van der Waals surface area contributed by atoms with Crippen LogP contribution in [-0.2, 0) is 47.5 Å². The van der Waals surface area contributed by atoms with Crippen molar-refractivity contribution in [3.63, 3.8) is 0 Å². The molecule has 3 aliphatic heterocycles. The van der Waals surface area contributed by atoms with Crippen LogP contribution in [0.3, 0.4) is 0 Å². The number of nitrogens with zero attached hydrogens (tertiary/aromatic N) is 1. The van der Waals surface area contributed by atoms with Gasteiger partial charge in [-0.3, -0.25) is 9.59 Å². The van der Waals surface area contributed by atoms with E-state index in [4.69, 9.17) is 38.9 Å². The molecule has 0 bridgehead atoms. The predicted molar refractivity (Wildman–Crippen MR) is 161 cm³/mol. The molecule has 3 fully saturated rings. The van der Waals surface area contributed by atoms with Gasteiger partial charge in [-0.05, 0) is 76.2 Å². The van der Waals surface area contributed by atoms with E-state index in [1.165, 1.54) is 48.5 Å². The molecule has 0 radical (unpaired) electrons. The lowest BCUT2D eigenvalue weighted by Gasteiger charge is -2.47. The van der Waals surface area contributed by atoms with Gasteiger partial charge in [-0.15, -0.1) is 0 Å². The van der Waals surface area contributed by atoms with E-state index < -0.39 is 107 Å². The number of hydrogen-bond donors (Lipinski definition) is 3. The van der Waals surface area contributed by atoms with E-state index in [0.717, 1.165) is 6.92 Å². The van der Waals surface area contributed by atoms with Gasteiger partial charge in [-0.1, -0.05) is 6.92 Å². The molecule has 0 saturated carbocycles. The third-order valence-corrected chi connectivity index (χ3v) is 8.19. The molecule has 3 saturated heterocycles. The highest BCUT2D eigenvalue weighted by Crippen LogP contribution is 2.47. The molecular formula is C31H50N2O14. The Morgan fingerprint density at radius 1 is 0.830 bits per heavy atom. The van der Waals surface area contributed by atoms with Crippen molar-refractivity contribution < 1.29 is 67.3 Å². The van der Waals surface area contributed by atoms with Gasteiger partial charge in [0.05, 0.1) is 19.1 Å². The van der Waals surface area contributed by atoms with Crippen LogP contribution in [0.15, 0.2) is 0 Å². The molecule has 3 heterocycles. The maximum Gasteiger partial charge on any atom is 0.420 e. The van der Waals surface area contributed by atoms with Crippen molar-refractivity contribution in [3.05, 3.63) is 0 Å². The molecule has 0 spiro atoms. The van der Waals surface area contributed by atoms with Crippen LogP contribution in [0.25, 0.3) is 0 Å². The van der Waals surface area contributed by atoms with Crippen LogP contribution in [0.1, 0.15) is 89.5 Å². The fourth-order valence-corrected chi connectivity index (χ4v) is 6.08. The maximum atomic E-state index is 14.7. The number of imide groups is 1. The van der Waals surface area contributed by atoms with Gasteiger partial charge in [0, 0.05) is 5.92 Å². The lowest BCUT2D eigenvalue weighted by Crippen LogP contribution is -2.73. The van der Waals surface area contributed by atoms with Crippen LogP contribution >= 0.6 is 0 Å². The lowest BCUT2D eigenvalue weighted by molar-refractivity contribution is -0.215. The predicted octanol–water partition coefficient (Wildman–Crippen LogP) is 2.82. The number of amides is 2. The van der Waals surface area contributed by atoms with E-state index in [-0.39, 0.29) is 6.61 Å². The number of Topliss-reactive ketones (excluding diaryl/α,β-unsaturated/α-hetero) is 1. The van der Waals surface area contributed by atoms with Gasteiger partial charge < -0.3 is 49.1 Å². The molecule has 3 unspecified atom stereocenters. The maximum absolute atomic E-state index is 14.7. The minimum Gasteiger partial charge on any atom is -0.481 e. The molecule has 3 aliphatic rings. The number of nitrogens with two attached hydrogens (primary N) is 1. The number of carboxylic acids is 2. The van der Waals surface area contributed by atoms with E-state index in [9.17, 15) is 34.2 Å². The Labute approximate surface area is 274 Å². The molecule has 0 aromatic heterocycles. The van der Waals surface area contributed by atoms with Crippen molar-refractivity contribution in [2.45, 2.75) is 154 Å². The standard InChI is InChI=1S/C31H50N2O14/c1-15(18-20-21(45-29(10,11)44-20)19(42-18)16-14-41-28(8,9)43-16)30(12,22(36)31(32,23(37)38)13-17(34)35)33(24(39)46-26(2,3)4)25(40)47-27(5,6)7/h15-16,18-21H,13-14,32H2,1-12H3,(H,34,35)(H,37,38)/t15?,16-,18-,19-,20-,21+,30?,31?/m1/s1. The summed E-state index contributed by atoms with van der Waals surface area (Å²) in [5.41, 5.74) is -2.02. The van der Waals surface area contributed by atoms with Gasteiger partial charge in [-0.25, -0.2) is 14.4 Å². The van der Waals surface area contributed by atoms with Crippen LogP contribution in [-0.4, -0.2) is 116 Å². The van der Waals surface area contributed by atoms with Crippen LogP contribution in [0.2, 0.25) is 0 Å². The summed E-state index contributed by atoms with van der Waals surface area (Å²) in [6.45, 7) is 18.5. The normalized spacial score (nSPS) is 29.9. The number of rotatable bonds is 9. The molecule has 0 aromatic carbocycles. The second-order valence-corrected chi connectivity index (χ2v) is 15.4. The largest absolute Gasteiger partial charge is 0.481 e. The topological polar surface area (TPSA) is 220 Å². The first-order valence-electron chi connectivity index (χ1n) is 15.4. The summed E-state index contributed by atoms with van der Waals surface area (Å²) in [4.78, 5) is 67.4. The molecule has 16 heteroatoms. The summed E-state index contributed by atoms with van der Waals surface area (Å²) in [7, 11) is 0. The summed E-state index contributed by atoms with van der Waals surface area (Å²) in [6.07, 6.45) is -8.56. The molecule has 16 nitrogen and oxygen atoms in total. The molecule has 0 aliphatic carbocycles. The number of carbonyl (C=O) groups is 5. The van der Waals surface area contributed by atoms with Crippen molar-refractivity contribution >= 4 is 29.9 Å². The number of carboxylic acid groups (broad SMARTS) is 2. The quantitative estimate of drug-likeness (QED) is 0.299. The Balaban J connectivity index is 2.27. The van der Waals surface area contributed by atoms with Gasteiger partial charge >= 0.3 is 24.1 Å². The van der Waals surface area contributed by atoms with E-state index in [1.807, 2.05) is 0 Å². The Morgan fingerprint density at radius 2 is 1.32 bits per heavy atom. The minimum atomic E-state index is -3.13. The fraction of sp³-hybridized carbons (Fsp3) is 0.839. The van der Waals surface area contributed by atoms with Crippen molar-refractivity contribution in [1.82, 2.24) is 4.90 Å². The second-order valence-electron chi connectivity index (χ2n) is 15.4. The van der Waals surface area contributed by atoms with Crippen molar-refractivity contribution in [3.8, 4) is 0 Å². The average molecular weight is 675 g/mol. The third kappa shape index (κ3) is 8.05. The number of hydrogen-bond acceptors (Lipinski definition) is 13. The molecule has 268 valence electrons. The highest BCUT2D eigenvalue weighted by Gasteiger charge is 2.67. The number of ether oxygens (including phenoxy) is 7. The zero-order chi connectivity index (χ0) is 36.3. The van der Waals surface area contributed by atoms with Crippen LogP contribution in [0, 0.1) is 5.92 Å². The second kappa shape index (κ2) is 12.5. The molecule has 4 N–H and O–H groups in total. The summed E-state index contributed by atoms with van der Waals surface area (Å²) in [5, 5.41) is 19.8. The Hall–Kier alpha value is -2.89. The average Bonchev–Trinajstić information content (AvgIpc) is 3.48. The molecular weight excluding hydrogens is 624 g/mol. The third-order valence-electron chi connectivity index (χ3n) is 8.19. The minimum absolute atomic E-state index is 0.119. The fourth-order valence-electron chi connectivity index (χ4n) is 6.08. The van der Waals surface area contributed by atoms with E-state index in [0.29, 0.717) is 4.90 Å². The summed E-state index contributed by atoms with van der Waals surface area (Å²) in [5.74, 6) is -8.66. The monoisotopic (exact) mass is 674 g/mol. The molecule has 0 aromatic rings. The van der Waals surface area contributed by atoms with Gasteiger partial charge in [0.25, 0.3) is 0 Å². The molecule has 47 heavy (non-hydrogen) atoms. The zero-order valence-electron chi connectivity index (χ0n) is 29.2. The van der Waals surface area contributed by atoms with E-state index in [1.54, 1.807) is 27.7 Å². The van der Waals surface area contributed by atoms with Crippen LogP contribution in [0.5, 0.6) is 0 Å². The summed E-state index contributed by atoms with van der Waals surface area (Å²) < 4.78 is 41.8. The highest BCUT2D eigenvalue weighted by molar-refractivity contribution is 6.15. The zero-order valence-corrected chi connectivity index (χ0v) is 29.2. The number of fused-ring (bicyclic) bond motifs is 1. The van der Waals surface area contributed by atoms with Gasteiger partial charge in [-0.2, -0.15) is 4.90 Å². The van der Waals surface area contributed by atoms with E-state index in [2.05, 4.69) is 0 Å². The highest BCUT2D eigenvalue weighted by atomic mass is 16.8. The Kier molecular flexibility index (Phi) is 10.3. The van der Waals surface area contributed by atoms with Gasteiger partial charge in [0.2, 0.25) is 0 Å². The molecule has 2 amide bonds. The molecule has 8 atom stereocenters. The smallest absolute Gasteiger partial charge is 0.420 e. The first kappa shape index (κ1) is 38.6. The van der Waals surface area contributed by atoms with Crippen molar-refractivity contribution in [2.24, 2.45) is 11.7 Å². The van der Waals surface area contributed by atoms with Crippen molar-refractivity contribution in [2.75, 3.05) is 6.61 Å². The van der Waals surface area contributed by atoms with Gasteiger partial charge in [0.1, 0.15) is 41.2 Å². The van der Waals surface area contributed by atoms with E-state index >= 15 is 0 Å². The van der Waals surface area contributed by atoms with Crippen molar-refractivity contribution in [1.29, 1.82) is 0 Å². The first-order chi connectivity index (χ1) is 21.0. The Bertz CT molecular complexity index is 1240. The summed E-state index contributed by atoms with van der Waals surface area (Å²) >= 11 is 0. The van der Waals surface area contributed by atoms with Crippen LogP contribution < -0.4 is 5.73 Å². The first-order valence-corrected chi connectivity index (χ1v) is 15.4. The number of aliphatic carboxylic acids is 2. The molecule has 3 rings (SSSR count). The number of carbonyl (C=O) groups excluding carboxylic acids is 3. The SMILES string of the molecule is CC([C@H]1O[C@H]([C@H]2COC(C)(C)O2)[C@@H]2OC(C)(C)O[C@@H]21)C(C)(C(=O)C(N)(CC(=O)O)C(=O)O)N(C(=O)OC(C)(C)C)C(=O)OC(C)(C)C.